The molecule has 2 aliphatic rings. The van der Waals surface area contributed by atoms with Gasteiger partial charge in [-0.3, -0.25) is 4.79 Å². The van der Waals surface area contributed by atoms with E-state index in [1.165, 1.54) is 0 Å². The van der Waals surface area contributed by atoms with Crippen LogP contribution < -0.4 is 0 Å². The number of aromatic nitrogens is 2. The summed E-state index contributed by atoms with van der Waals surface area (Å²) < 4.78 is 37.4. The SMILES string of the molecule is CCOCC(=O)N1CC(F)(F)C[C@H]1c1nc(C2CC2)no1. The molecule has 21 heavy (non-hydrogen) atoms. The van der Waals surface area contributed by atoms with E-state index in [1.807, 2.05) is 0 Å². The van der Waals surface area contributed by atoms with Gasteiger partial charge in [0.2, 0.25) is 11.8 Å². The monoisotopic (exact) mass is 301 g/mol. The quantitative estimate of drug-likeness (QED) is 0.830. The minimum Gasteiger partial charge on any atom is -0.372 e. The van der Waals surface area contributed by atoms with E-state index in [9.17, 15) is 13.6 Å². The van der Waals surface area contributed by atoms with Crippen LogP contribution in [0.2, 0.25) is 0 Å². The van der Waals surface area contributed by atoms with Gasteiger partial charge in [0.05, 0.1) is 6.54 Å². The van der Waals surface area contributed by atoms with Crippen molar-refractivity contribution in [3.63, 3.8) is 0 Å². The Hall–Kier alpha value is -1.57. The predicted octanol–water partition coefficient (Wildman–Crippen LogP) is 1.89. The van der Waals surface area contributed by atoms with E-state index in [0.717, 1.165) is 17.7 Å². The van der Waals surface area contributed by atoms with Crippen molar-refractivity contribution in [2.45, 2.75) is 44.1 Å². The number of carbonyl (C=O) groups is 1. The van der Waals surface area contributed by atoms with Crippen molar-refractivity contribution >= 4 is 5.91 Å². The highest BCUT2D eigenvalue weighted by molar-refractivity contribution is 5.78. The number of likely N-dealkylation sites (tertiary alicyclic amines) is 1. The molecule has 0 N–H and O–H groups in total. The van der Waals surface area contributed by atoms with Gasteiger partial charge in [0.25, 0.3) is 5.92 Å². The van der Waals surface area contributed by atoms with Crippen LogP contribution in [0.15, 0.2) is 4.52 Å². The van der Waals surface area contributed by atoms with E-state index in [1.54, 1.807) is 6.92 Å². The molecular weight excluding hydrogens is 284 g/mol. The summed E-state index contributed by atoms with van der Waals surface area (Å²) in [5, 5.41) is 3.83. The minimum absolute atomic E-state index is 0.0962. The van der Waals surface area contributed by atoms with Gasteiger partial charge in [-0.25, -0.2) is 8.78 Å². The third-order valence-corrected chi connectivity index (χ3v) is 3.70. The summed E-state index contributed by atoms with van der Waals surface area (Å²) in [6.07, 6.45) is 1.50. The highest BCUT2D eigenvalue weighted by atomic mass is 19.3. The Morgan fingerprint density at radius 2 is 2.29 bits per heavy atom. The molecule has 1 aromatic rings. The molecule has 1 aliphatic carbocycles. The van der Waals surface area contributed by atoms with Crippen LogP contribution in [0.5, 0.6) is 0 Å². The Morgan fingerprint density at radius 3 is 2.95 bits per heavy atom. The van der Waals surface area contributed by atoms with Crippen LogP contribution >= 0.6 is 0 Å². The third-order valence-electron chi connectivity index (χ3n) is 3.70. The molecule has 0 radical (unpaired) electrons. The van der Waals surface area contributed by atoms with Crippen molar-refractivity contribution in [2.24, 2.45) is 0 Å². The van der Waals surface area contributed by atoms with Gasteiger partial charge in [-0.1, -0.05) is 5.16 Å². The first-order valence-electron chi connectivity index (χ1n) is 7.08. The number of amides is 1. The summed E-state index contributed by atoms with van der Waals surface area (Å²) in [6.45, 7) is 1.24. The van der Waals surface area contributed by atoms with Crippen molar-refractivity contribution in [3.8, 4) is 0 Å². The lowest BCUT2D eigenvalue weighted by molar-refractivity contribution is -0.138. The maximum Gasteiger partial charge on any atom is 0.267 e. The number of carbonyl (C=O) groups excluding carboxylic acids is 1. The van der Waals surface area contributed by atoms with Gasteiger partial charge in [-0.2, -0.15) is 4.98 Å². The van der Waals surface area contributed by atoms with Crippen LogP contribution in [0, 0.1) is 0 Å². The first-order valence-corrected chi connectivity index (χ1v) is 7.08. The molecule has 0 bridgehead atoms. The van der Waals surface area contributed by atoms with E-state index < -0.39 is 30.8 Å². The van der Waals surface area contributed by atoms with Gasteiger partial charge in [-0.05, 0) is 19.8 Å². The zero-order valence-corrected chi connectivity index (χ0v) is 11.7. The molecule has 0 spiro atoms. The summed E-state index contributed by atoms with van der Waals surface area (Å²) in [5.41, 5.74) is 0. The zero-order chi connectivity index (χ0) is 15.0. The van der Waals surface area contributed by atoms with Gasteiger partial charge < -0.3 is 14.2 Å². The Bertz CT molecular complexity index is 530. The number of rotatable bonds is 5. The zero-order valence-electron chi connectivity index (χ0n) is 11.7. The summed E-state index contributed by atoms with van der Waals surface area (Å²) in [7, 11) is 0. The van der Waals surface area contributed by atoms with Crippen molar-refractivity contribution in [1.29, 1.82) is 0 Å². The van der Waals surface area contributed by atoms with E-state index in [-0.39, 0.29) is 18.4 Å². The number of ether oxygens (including phenoxy) is 1. The molecule has 3 rings (SSSR count). The molecule has 1 amide bonds. The topological polar surface area (TPSA) is 68.5 Å². The lowest BCUT2D eigenvalue weighted by atomic mass is 10.2. The predicted molar refractivity (Wildman–Crippen MR) is 66.8 cm³/mol. The maximum atomic E-state index is 13.7. The highest BCUT2D eigenvalue weighted by Crippen LogP contribution is 2.42. The van der Waals surface area contributed by atoms with Crippen LogP contribution in [0.3, 0.4) is 0 Å². The van der Waals surface area contributed by atoms with E-state index in [4.69, 9.17) is 9.26 Å². The van der Waals surface area contributed by atoms with Crippen molar-refractivity contribution in [1.82, 2.24) is 15.0 Å². The second-order valence-electron chi connectivity index (χ2n) is 5.50. The van der Waals surface area contributed by atoms with Gasteiger partial charge in [0, 0.05) is 18.9 Å². The lowest BCUT2D eigenvalue weighted by Gasteiger charge is -2.20. The molecule has 1 saturated heterocycles. The Morgan fingerprint density at radius 1 is 1.52 bits per heavy atom. The molecule has 1 aliphatic heterocycles. The fourth-order valence-corrected chi connectivity index (χ4v) is 2.46. The number of halogens is 2. The van der Waals surface area contributed by atoms with Gasteiger partial charge in [0.15, 0.2) is 5.82 Å². The molecule has 2 fully saturated rings. The van der Waals surface area contributed by atoms with Crippen molar-refractivity contribution in [3.05, 3.63) is 11.7 Å². The number of alkyl halides is 2. The number of hydrogen-bond acceptors (Lipinski definition) is 5. The van der Waals surface area contributed by atoms with E-state index >= 15 is 0 Å². The average Bonchev–Trinajstić information content (AvgIpc) is 3.08. The van der Waals surface area contributed by atoms with Gasteiger partial charge in [-0.15, -0.1) is 0 Å². The summed E-state index contributed by atoms with van der Waals surface area (Å²) >= 11 is 0. The Kier molecular flexibility index (Phi) is 3.64. The summed E-state index contributed by atoms with van der Waals surface area (Å²) in [6, 6.07) is -0.868. The molecule has 1 aromatic heterocycles. The molecule has 6 nitrogen and oxygen atoms in total. The first kappa shape index (κ1) is 14.4. The molecule has 1 atom stereocenters. The molecule has 1 saturated carbocycles. The van der Waals surface area contributed by atoms with Crippen LogP contribution in [-0.4, -0.2) is 46.6 Å². The normalized spacial score (nSPS) is 24.5. The van der Waals surface area contributed by atoms with Crippen molar-refractivity contribution < 1.29 is 22.8 Å². The Balaban J connectivity index is 1.77. The largest absolute Gasteiger partial charge is 0.372 e. The Labute approximate surface area is 120 Å². The molecule has 116 valence electrons. The standard InChI is InChI=1S/C13H17F2N3O3/c1-2-20-6-10(19)18-7-13(14,15)5-9(18)12-16-11(17-21-12)8-3-4-8/h8-9H,2-7H2,1H3/t9-/m0/s1. The molecule has 0 aromatic carbocycles. The maximum absolute atomic E-state index is 13.7. The van der Waals surface area contributed by atoms with Gasteiger partial charge >= 0.3 is 0 Å². The molecule has 8 heteroatoms. The summed E-state index contributed by atoms with van der Waals surface area (Å²) in [4.78, 5) is 17.3. The molecule has 2 heterocycles. The van der Waals surface area contributed by atoms with Crippen molar-refractivity contribution in [2.75, 3.05) is 19.8 Å². The van der Waals surface area contributed by atoms with Crippen LogP contribution in [0.25, 0.3) is 0 Å². The number of hydrogen-bond donors (Lipinski definition) is 0. The molecular formula is C13H17F2N3O3. The fraction of sp³-hybridized carbons (Fsp3) is 0.769. The fourth-order valence-electron chi connectivity index (χ4n) is 2.46. The minimum atomic E-state index is -2.94. The van der Waals surface area contributed by atoms with Gasteiger partial charge in [0.1, 0.15) is 12.6 Å². The number of nitrogens with zero attached hydrogens (tertiary/aromatic N) is 3. The van der Waals surface area contributed by atoms with Crippen LogP contribution in [0.1, 0.15) is 49.9 Å². The smallest absolute Gasteiger partial charge is 0.267 e. The van der Waals surface area contributed by atoms with E-state index in [0.29, 0.717) is 12.4 Å². The highest BCUT2D eigenvalue weighted by Gasteiger charge is 2.50. The second kappa shape index (κ2) is 5.32. The van der Waals surface area contributed by atoms with Crippen LogP contribution in [-0.2, 0) is 9.53 Å². The average molecular weight is 301 g/mol. The van der Waals surface area contributed by atoms with E-state index in [2.05, 4.69) is 10.1 Å². The van der Waals surface area contributed by atoms with Crippen LogP contribution in [0.4, 0.5) is 8.78 Å². The third kappa shape index (κ3) is 3.04. The molecule has 0 unspecified atom stereocenters. The summed E-state index contributed by atoms with van der Waals surface area (Å²) in [5.74, 6) is -2.50. The first-order chi connectivity index (χ1) is 10.00. The lowest BCUT2D eigenvalue weighted by Crippen LogP contribution is -2.35. The second-order valence-corrected chi connectivity index (χ2v) is 5.50.